The molecule has 0 aliphatic carbocycles. The topological polar surface area (TPSA) is 35.2 Å². The highest BCUT2D eigenvalue weighted by atomic mass is 79.9. The average molecular weight is 274 g/mol. The van der Waals surface area contributed by atoms with E-state index in [0.717, 1.165) is 10.2 Å². The van der Waals surface area contributed by atoms with Crippen molar-refractivity contribution >= 4 is 33.1 Å². The van der Waals surface area contributed by atoms with Gasteiger partial charge in [-0.1, -0.05) is 34.2 Å². The summed E-state index contributed by atoms with van der Waals surface area (Å²) >= 11 is 8.27. The number of hydrogen-bond donors (Lipinski definition) is 1. The first-order valence-corrected chi connectivity index (χ1v) is 5.36. The lowest BCUT2D eigenvalue weighted by atomic mass is 10.1. The quantitative estimate of drug-likeness (QED) is 0.861. The largest absolute Gasteiger partial charge is 0.481 e. The second-order valence-electron chi connectivity index (χ2n) is 3.43. The van der Waals surface area contributed by atoms with Crippen LogP contribution in [-0.2, 0) is 0 Å². The van der Waals surface area contributed by atoms with Gasteiger partial charge in [0, 0.05) is 4.47 Å². The van der Waals surface area contributed by atoms with Crippen LogP contribution in [0, 0.1) is 0 Å². The van der Waals surface area contributed by atoms with Crippen LogP contribution in [0.4, 0.5) is 0 Å². The van der Waals surface area contributed by atoms with Crippen LogP contribution in [0.2, 0.25) is 0 Å². The molecule has 4 heteroatoms. The molecule has 0 aliphatic heterocycles. The number of thiocarbonyl (C=S) groups is 1. The smallest absolute Gasteiger partial charge is 0.153 e. The van der Waals surface area contributed by atoms with Crippen molar-refractivity contribution in [2.24, 2.45) is 5.73 Å². The van der Waals surface area contributed by atoms with E-state index in [1.807, 2.05) is 38.1 Å². The maximum absolute atomic E-state index is 5.65. The predicted octanol–water partition coefficient (Wildman–Crippen LogP) is 2.89. The highest BCUT2D eigenvalue weighted by molar-refractivity contribution is 9.10. The molecule has 1 aromatic rings. The van der Waals surface area contributed by atoms with E-state index in [-0.39, 0.29) is 0 Å². The first-order valence-electron chi connectivity index (χ1n) is 4.16. The summed E-state index contributed by atoms with van der Waals surface area (Å²) in [5, 5.41) is 0. The van der Waals surface area contributed by atoms with Gasteiger partial charge in [0.05, 0.1) is 0 Å². The van der Waals surface area contributed by atoms with Crippen molar-refractivity contribution in [3.8, 4) is 5.75 Å². The molecule has 0 fully saturated rings. The maximum atomic E-state index is 5.65. The van der Waals surface area contributed by atoms with E-state index in [1.54, 1.807) is 0 Å². The van der Waals surface area contributed by atoms with Crippen molar-refractivity contribution in [2.45, 2.75) is 19.4 Å². The molecule has 0 unspecified atom stereocenters. The number of nitrogens with two attached hydrogens (primary N) is 1. The zero-order valence-corrected chi connectivity index (χ0v) is 10.5. The van der Waals surface area contributed by atoms with Crippen molar-refractivity contribution in [2.75, 3.05) is 0 Å². The summed E-state index contributed by atoms with van der Waals surface area (Å²) in [6.07, 6.45) is 0. The first-order chi connectivity index (χ1) is 6.42. The van der Waals surface area contributed by atoms with Crippen molar-refractivity contribution in [3.05, 3.63) is 28.7 Å². The molecule has 0 heterocycles. The Morgan fingerprint density at radius 3 is 2.64 bits per heavy atom. The van der Waals surface area contributed by atoms with Crippen LogP contribution in [-0.4, -0.2) is 10.6 Å². The summed E-state index contributed by atoms with van der Waals surface area (Å²) in [6.45, 7) is 3.69. The Kier molecular flexibility index (Phi) is 3.50. The van der Waals surface area contributed by atoms with Gasteiger partial charge in [-0.3, -0.25) is 0 Å². The molecule has 0 amide bonds. The van der Waals surface area contributed by atoms with Gasteiger partial charge in [0.2, 0.25) is 0 Å². The van der Waals surface area contributed by atoms with Gasteiger partial charge in [-0.05, 0) is 32.0 Å². The van der Waals surface area contributed by atoms with Crippen molar-refractivity contribution in [1.29, 1.82) is 0 Å². The number of hydrogen-bond acceptors (Lipinski definition) is 2. The van der Waals surface area contributed by atoms with Crippen molar-refractivity contribution < 1.29 is 4.74 Å². The Morgan fingerprint density at radius 2 is 2.14 bits per heavy atom. The molecule has 0 aliphatic rings. The molecular formula is C10H12BrNOS. The second kappa shape index (κ2) is 4.28. The third-order valence-corrected chi connectivity index (χ3v) is 2.75. The number of ether oxygens (including phenoxy) is 1. The van der Waals surface area contributed by atoms with E-state index in [2.05, 4.69) is 15.9 Å². The fourth-order valence-corrected chi connectivity index (χ4v) is 1.30. The Balaban J connectivity index is 2.83. The summed E-state index contributed by atoms with van der Waals surface area (Å²) in [6, 6.07) is 7.57. The van der Waals surface area contributed by atoms with E-state index in [1.165, 1.54) is 0 Å². The Bertz CT molecular complexity index is 352. The van der Waals surface area contributed by atoms with Gasteiger partial charge in [0.1, 0.15) is 10.7 Å². The number of rotatable bonds is 3. The fourth-order valence-electron chi connectivity index (χ4n) is 0.875. The van der Waals surface area contributed by atoms with Gasteiger partial charge in [-0.2, -0.15) is 0 Å². The zero-order chi connectivity index (χ0) is 10.8. The minimum absolute atomic E-state index is 0.345. The summed E-state index contributed by atoms with van der Waals surface area (Å²) in [5.74, 6) is 0.747. The molecule has 1 aromatic carbocycles. The molecule has 0 bridgehead atoms. The molecule has 0 saturated heterocycles. The van der Waals surface area contributed by atoms with Gasteiger partial charge in [0.25, 0.3) is 0 Å². The standard InChI is InChI=1S/C10H12BrNOS/c1-10(2,9(12)14)13-8-5-3-4-7(11)6-8/h3-6H,1-2H3,(H2,12,14). The molecular weight excluding hydrogens is 262 g/mol. The van der Waals surface area contributed by atoms with Crippen LogP contribution in [0.3, 0.4) is 0 Å². The van der Waals surface area contributed by atoms with Crippen LogP contribution in [0.1, 0.15) is 13.8 Å². The van der Waals surface area contributed by atoms with Gasteiger partial charge >= 0.3 is 0 Å². The van der Waals surface area contributed by atoms with Crippen LogP contribution >= 0.6 is 28.1 Å². The molecule has 0 spiro atoms. The molecule has 0 radical (unpaired) electrons. The minimum Gasteiger partial charge on any atom is -0.481 e. The number of benzene rings is 1. The fraction of sp³-hybridized carbons (Fsp3) is 0.300. The second-order valence-corrected chi connectivity index (χ2v) is 4.79. The van der Waals surface area contributed by atoms with Gasteiger partial charge < -0.3 is 10.5 Å². The molecule has 0 saturated carbocycles. The molecule has 2 nitrogen and oxygen atoms in total. The minimum atomic E-state index is -0.615. The van der Waals surface area contributed by atoms with Crippen LogP contribution in [0.15, 0.2) is 28.7 Å². The van der Waals surface area contributed by atoms with Gasteiger partial charge in [-0.25, -0.2) is 0 Å². The third kappa shape index (κ3) is 2.96. The maximum Gasteiger partial charge on any atom is 0.153 e. The Hall–Kier alpha value is -0.610. The summed E-state index contributed by atoms with van der Waals surface area (Å²) < 4.78 is 6.61. The molecule has 76 valence electrons. The first kappa shape index (κ1) is 11.5. The van der Waals surface area contributed by atoms with Crippen LogP contribution in [0.5, 0.6) is 5.75 Å². The van der Waals surface area contributed by atoms with Crippen LogP contribution < -0.4 is 10.5 Å². The predicted molar refractivity (Wildman–Crippen MR) is 65.6 cm³/mol. The Morgan fingerprint density at radius 1 is 1.50 bits per heavy atom. The molecule has 1 rings (SSSR count). The molecule has 14 heavy (non-hydrogen) atoms. The van der Waals surface area contributed by atoms with E-state index in [9.17, 15) is 0 Å². The van der Waals surface area contributed by atoms with Crippen molar-refractivity contribution in [1.82, 2.24) is 0 Å². The summed E-state index contributed by atoms with van der Waals surface area (Å²) in [4.78, 5) is 0.345. The normalized spacial score (nSPS) is 11.1. The summed E-state index contributed by atoms with van der Waals surface area (Å²) in [5.41, 5.74) is 4.94. The van der Waals surface area contributed by atoms with E-state index >= 15 is 0 Å². The zero-order valence-electron chi connectivity index (χ0n) is 8.08. The van der Waals surface area contributed by atoms with E-state index in [4.69, 9.17) is 22.7 Å². The highest BCUT2D eigenvalue weighted by Crippen LogP contribution is 2.22. The lowest BCUT2D eigenvalue weighted by molar-refractivity contribution is 0.184. The number of halogens is 1. The van der Waals surface area contributed by atoms with Crippen LogP contribution in [0.25, 0.3) is 0 Å². The summed E-state index contributed by atoms with van der Waals surface area (Å²) in [7, 11) is 0. The monoisotopic (exact) mass is 273 g/mol. The lowest BCUT2D eigenvalue weighted by Gasteiger charge is -2.25. The molecule has 2 N–H and O–H groups in total. The van der Waals surface area contributed by atoms with Gasteiger partial charge in [0.15, 0.2) is 5.60 Å². The molecule has 0 atom stereocenters. The van der Waals surface area contributed by atoms with Crippen molar-refractivity contribution in [3.63, 3.8) is 0 Å². The van der Waals surface area contributed by atoms with Gasteiger partial charge in [-0.15, -0.1) is 0 Å². The highest BCUT2D eigenvalue weighted by Gasteiger charge is 2.23. The van der Waals surface area contributed by atoms with E-state index in [0.29, 0.717) is 4.99 Å². The SMILES string of the molecule is CC(C)(Oc1cccc(Br)c1)C(N)=S. The third-order valence-electron chi connectivity index (χ3n) is 1.76. The average Bonchev–Trinajstić information content (AvgIpc) is 2.02. The lowest BCUT2D eigenvalue weighted by Crippen LogP contribution is -2.41. The van der Waals surface area contributed by atoms with E-state index < -0.39 is 5.60 Å². The Labute approximate surface area is 97.6 Å². The molecule has 0 aromatic heterocycles.